The molecular weight excluding hydrogens is 224 g/mol. The summed E-state index contributed by atoms with van der Waals surface area (Å²) in [6.07, 6.45) is 7.66. The van der Waals surface area contributed by atoms with Crippen molar-refractivity contribution in [2.24, 2.45) is 5.41 Å². The number of hydrogen-bond acceptors (Lipinski definition) is 4. The molecule has 0 aromatic carbocycles. The molecule has 2 heterocycles. The van der Waals surface area contributed by atoms with Crippen LogP contribution in [0.5, 0.6) is 0 Å². The van der Waals surface area contributed by atoms with E-state index in [-0.39, 0.29) is 5.41 Å². The number of nitrogens with zero attached hydrogens (tertiary/aromatic N) is 2. The molecule has 0 aromatic rings. The lowest BCUT2D eigenvalue weighted by atomic mass is 9.97. The highest BCUT2D eigenvalue weighted by atomic mass is 15.5. The average Bonchev–Trinajstić information content (AvgIpc) is 2.75. The molecule has 0 aromatic heterocycles. The maximum atomic E-state index is 3.36. The number of hydrazine groups is 1. The van der Waals surface area contributed by atoms with Crippen LogP contribution >= 0.6 is 0 Å². The van der Waals surface area contributed by atoms with Gasteiger partial charge in [-0.05, 0) is 25.0 Å². The molecule has 0 saturated carbocycles. The monoisotopic (exact) mass is 250 g/mol. The van der Waals surface area contributed by atoms with Gasteiger partial charge in [0.1, 0.15) is 0 Å². The van der Waals surface area contributed by atoms with Gasteiger partial charge in [-0.15, -0.1) is 0 Å². The number of hydrogen-bond donors (Lipinski definition) is 2. The first-order valence-corrected chi connectivity index (χ1v) is 6.81. The van der Waals surface area contributed by atoms with Crippen LogP contribution in [0.3, 0.4) is 0 Å². The van der Waals surface area contributed by atoms with Crippen LogP contribution in [0, 0.1) is 5.41 Å². The first kappa shape index (κ1) is 13.3. The molecule has 1 atom stereocenters. The van der Waals surface area contributed by atoms with E-state index in [9.17, 15) is 0 Å². The summed E-state index contributed by atoms with van der Waals surface area (Å²) < 4.78 is 0. The predicted octanol–water partition coefficient (Wildman–Crippen LogP) is 1.50. The van der Waals surface area contributed by atoms with E-state index in [1.54, 1.807) is 0 Å². The summed E-state index contributed by atoms with van der Waals surface area (Å²) in [6, 6.07) is 0.630. The topological polar surface area (TPSA) is 30.5 Å². The summed E-state index contributed by atoms with van der Waals surface area (Å²) in [4.78, 5) is 2.45. The third-order valence-corrected chi connectivity index (χ3v) is 3.39. The van der Waals surface area contributed by atoms with Gasteiger partial charge in [0.2, 0.25) is 0 Å². The summed E-state index contributed by atoms with van der Waals surface area (Å²) in [5.74, 6) is 0. The minimum Gasteiger partial charge on any atom is -0.369 e. The van der Waals surface area contributed by atoms with Crippen LogP contribution in [-0.4, -0.2) is 42.6 Å². The quantitative estimate of drug-likeness (QED) is 0.795. The first-order valence-electron chi connectivity index (χ1n) is 6.81. The van der Waals surface area contributed by atoms with Gasteiger partial charge in [-0.1, -0.05) is 20.8 Å². The van der Waals surface area contributed by atoms with Gasteiger partial charge in [-0.2, -0.15) is 0 Å². The van der Waals surface area contributed by atoms with Gasteiger partial charge >= 0.3 is 0 Å². The Labute approximate surface area is 111 Å². The van der Waals surface area contributed by atoms with Crippen molar-refractivity contribution in [1.29, 1.82) is 0 Å². The van der Waals surface area contributed by atoms with E-state index >= 15 is 0 Å². The zero-order valence-electron chi connectivity index (χ0n) is 12.0. The smallest absolute Gasteiger partial charge is 0.0563 e. The highest BCUT2D eigenvalue weighted by Crippen LogP contribution is 2.20. The van der Waals surface area contributed by atoms with Crippen LogP contribution in [0.1, 0.15) is 27.2 Å². The van der Waals surface area contributed by atoms with Crippen molar-refractivity contribution in [2.75, 3.05) is 26.7 Å². The van der Waals surface area contributed by atoms with Crippen LogP contribution in [0.25, 0.3) is 0 Å². The second-order valence-electron chi connectivity index (χ2n) is 6.43. The lowest BCUT2D eigenvalue weighted by Crippen LogP contribution is -2.39. The van der Waals surface area contributed by atoms with E-state index in [0.717, 1.165) is 19.6 Å². The van der Waals surface area contributed by atoms with E-state index in [1.165, 1.54) is 12.1 Å². The molecule has 102 valence electrons. The Bertz CT molecular complexity index is 340. The van der Waals surface area contributed by atoms with Crippen LogP contribution in [0.15, 0.2) is 24.2 Å². The third kappa shape index (κ3) is 3.42. The number of likely N-dealkylation sites (tertiary alicyclic amines) is 1. The van der Waals surface area contributed by atoms with Gasteiger partial charge < -0.3 is 15.6 Å². The fourth-order valence-corrected chi connectivity index (χ4v) is 2.48. The van der Waals surface area contributed by atoms with Crippen molar-refractivity contribution >= 4 is 0 Å². The summed E-state index contributed by atoms with van der Waals surface area (Å²) in [5.41, 5.74) is 4.89. The van der Waals surface area contributed by atoms with Crippen molar-refractivity contribution in [2.45, 2.75) is 33.2 Å². The molecular formula is C14H26N4. The van der Waals surface area contributed by atoms with E-state index in [4.69, 9.17) is 0 Å². The first-order chi connectivity index (χ1) is 8.48. The molecule has 0 aliphatic carbocycles. The molecule has 2 rings (SSSR count). The van der Waals surface area contributed by atoms with Crippen molar-refractivity contribution in [3.05, 3.63) is 24.2 Å². The maximum Gasteiger partial charge on any atom is 0.0563 e. The van der Waals surface area contributed by atoms with Crippen molar-refractivity contribution in [3.8, 4) is 0 Å². The Balaban J connectivity index is 1.98. The Morgan fingerprint density at radius 1 is 1.44 bits per heavy atom. The molecule has 0 bridgehead atoms. The molecule has 4 nitrogen and oxygen atoms in total. The molecule has 0 spiro atoms. The van der Waals surface area contributed by atoms with Gasteiger partial charge in [0, 0.05) is 38.1 Å². The molecule has 0 amide bonds. The van der Waals surface area contributed by atoms with Gasteiger partial charge in [-0.3, -0.25) is 5.01 Å². The van der Waals surface area contributed by atoms with E-state index in [2.05, 4.69) is 53.7 Å². The number of likely N-dealkylation sites (N-methyl/N-ethyl adjacent to an activating group) is 1. The van der Waals surface area contributed by atoms with E-state index < -0.39 is 0 Å². The summed E-state index contributed by atoms with van der Waals surface area (Å²) >= 11 is 0. The van der Waals surface area contributed by atoms with Crippen LogP contribution < -0.4 is 10.7 Å². The number of allylic oxidation sites excluding steroid dienone is 1. The lowest BCUT2D eigenvalue weighted by molar-refractivity contribution is 0.206. The minimum absolute atomic E-state index is 0.290. The van der Waals surface area contributed by atoms with Crippen molar-refractivity contribution in [1.82, 2.24) is 20.7 Å². The van der Waals surface area contributed by atoms with Gasteiger partial charge in [-0.25, -0.2) is 0 Å². The molecule has 1 fully saturated rings. The number of nitrogens with one attached hydrogen (secondary N) is 2. The summed E-state index contributed by atoms with van der Waals surface area (Å²) in [6.45, 7) is 10.0. The standard InChI is InChI=1S/C14H26N4/c1-14(2,3)11-18-10-13(5-7-16-18)17-8-6-12(9-17)15-4/h5,7,10,12,15-16H,6,8-9,11H2,1-4H3/t12-/m1/s1. The fourth-order valence-electron chi connectivity index (χ4n) is 2.48. The van der Waals surface area contributed by atoms with Crippen molar-refractivity contribution in [3.63, 3.8) is 0 Å². The summed E-state index contributed by atoms with van der Waals surface area (Å²) in [5, 5.41) is 5.54. The largest absolute Gasteiger partial charge is 0.369 e. The molecule has 18 heavy (non-hydrogen) atoms. The van der Waals surface area contributed by atoms with Crippen LogP contribution in [0.4, 0.5) is 0 Å². The normalized spacial score (nSPS) is 24.2. The molecule has 4 heteroatoms. The zero-order chi connectivity index (χ0) is 13.2. The molecule has 2 N–H and O–H groups in total. The van der Waals surface area contributed by atoms with Crippen LogP contribution in [0.2, 0.25) is 0 Å². The Kier molecular flexibility index (Phi) is 3.85. The molecule has 0 unspecified atom stereocenters. The zero-order valence-corrected chi connectivity index (χ0v) is 12.0. The average molecular weight is 250 g/mol. The third-order valence-electron chi connectivity index (χ3n) is 3.39. The van der Waals surface area contributed by atoms with E-state index in [1.807, 2.05) is 13.2 Å². The second-order valence-corrected chi connectivity index (χ2v) is 6.43. The SMILES string of the molecule is CN[C@@H]1CCN(C2=CN(CC(C)(C)C)NC=C2)C1. The molecule has 1 saturated heterocycles. The Morgan fingerprint density at radius 2 is 2.22 bits per heavy atom. The molecule has 2 aliphatic rings. The maximum absolute atomic E-state index is 3.36. The summed E-state index contributed by atoms with van der Waals surface area (Å²) in [7, 11) is 2.05. The number of rotatable bonds is 3. The Morgan fingerprint density at radius 3 is 2.83 bits per heavy atom. The van der Waals surface area contributed by atoms with E-state index in [0.29, 0.717) is 6.04 Å². The Hall–Kier alpha value is -1.16. The minimum atomic E-state index is 0.290. The predicted molar refractivity (Wildman–Crippen MR) is 75.6 cm³/mol. The fraction of sp³-hybridized carbons (Fsp3) is 0.714. The second kappa shape index (κ2) is 5.22. The lowest BCUT2D eigenvalue weighted by Gasteiger charge is -2.33. The van der Waals surface area contributed by atoms with Gasteiger partial charge in [0.25, 0.3) is 0 Å². The molecule has 0 radical (unpaired) electrons. The van der Waals surface area contributed by atoms with Gasteiger partial charge in [0.15, 0.2) is 0 Å². The highest BCUT2D eigenvalue weighted by molar-refractivity contribution is 5.20. The highest BCUT2D eigenvalue weighted by Gasteiger charge is 2.23. The van der Waals surface area contributed by atoms with Crippen molar-refractivity contribution < 1.29 is 0 Å². The van der Waals surface area contributed by atoms with Gasteiger partial charge in [0.05, 0.1) is 5.70 Å². The van der Waals surface area contributed by atoms with Crippen LogP contribution in [-0.2, 0) is 0 Å². The molecule has 2 aliphatic heterocycles.